The average molecular weight is 132 g/mol. The number of methoxy groups -OCH3 is 1. The van der Waals surface area contributed by atoms with E-state index in [9.17, 15) is 4.79 Å². The number of nitrogens with one attached hydrogen (secondary N) is 2. The van der Waals surface area contributed by atoms with E-state index in [1.807, 2.05) is 0 Å². The van der Waals surface area contributed by atoms with Gasteiger partial charge >= 0.3 is 6.03 Å². The fourth-order valence-electron chi connectivity index (χ4n) is 0.415. The van der Waals surface area contributed by atoms with Crippen LogP contribution in [-0.4, -0.2) is 33.3 Å². The number of urea groups is 1. The van der Waals surface area contributed by atoms with Crippen LogP contribution in [-0.2, 0) is 4.74 Å². The molecule has 9 heavy (non-hydrogen) atoms. The first kappa shape index (κ1) is 8.23. The molecule has 1 rings (SSSR count). The maximum Gasteiger partial charge on any atom is 0.314 e. The van der Waals surface area contributed by atoms with Gasteiger partial charge in [0.25, 0.3) is 0 Å². The summed E-state index contributed by atoms with van der Waals surface area (Å²) in [6.07, 6.45) is 0. The van der Waals surface area contributed by atoms with Crippen LogP contribution in [0.2, 0.25) is 0 Å². The molecule has 2 N–H and O–H groups in total. The molecule has 0 atom stereocenters. The lowest BCUT2D eigenvalue weighted by Crippen LogP contribution is -2.20. The molecule has 1 fully saturated rings. The van der Waals surface area contributed by atoms with Crippen LogP contribution in [0.3, 0.4) is 0 Å². The van der Waals surface area contributed by atoms with Gasteiger partial charge in [-0.1, -0.05) is 0 Å². The highest BCUT2D eigenvalue weighted by molar-refractivity contribution is 5.75. The first-order valence-electron chi connectivity index (χ1n) is 2.73. The molecule has 54 valence electrons. The largest absolute Gasteiger partial charge is 0.388 e. The van der Waals surface area contributed by atoms with Crippen molar-refractivity contribution in [2.45, 2.75) is 0 Å². The Morgan fingerprint density at radius 1 is 1.33 bits per heavy atom. The van der Waals surface area contributed by atoms with Crippen molar-refractivity contribution in [3.63, 3.8) is 0 Å². The van der Waals surface area contributed by atoms with Crippen LogP contribution in [0.15, 0.2) is 0 Å². The molecule has 4 heteroatoms. The number of carbonyl (C=O) groups is 1. The summed E-state index contributed by atoms with van der Waals surface area (Å²) in [7, 11) is 3.25. The monoisotopic (exact) mass is 132 g/mol. The fraction of sp³-hybridized carbons (Fsp3) is 0.800. The molecule has 0 aromatic carbocycles. The topological polar surface area (TPSA) is 50.4 Å². The van der Waals surface area contributed by atoms with E-state index in [0.29, 0.717) is 0 Å². The van der Waals surface area contributed by atoms with Gasteiger partial charge in [-0.25, -0.2) is 4.79 Å². The Morgan fingerprint density at radius 2 is 1.67 bits per heavy atom. The molecule has 0 aliphatic carbocycles. The van der Waals surface area contributed by atoms with Crippen molar-refractivity contribution in [3.05, 3.63) is 0 Å². The van der Waals surface area contributed by atoms with Gasteiger partial charge in [-0.15, -0.1) is 0 Å². The number of amides is 2. The van der Waals surface area contributed by atoms with Crippen LogP contribution < -0.4 is 10.6 Å². The zero-order valence-electron chi connectivity index (χ0n) is 5.73. The van der Waals surface area contributed by atoms with Crippen LogP contribution in [0.5, 0.6) is 0 Å². The summed E-state index contributed by atoms with van der Waals surface area (Å²) in [5.41, 5.74) is 0. The minimum atomic E-state index is -0.0463. The van der Waals surface area contributed by atoms with Crippen molar-refractivity contribution < 1.29 is 9.53 Å². The summed E-state index contributed by atoms with van der Waals surface area (Å²) in [4.78, 5) is 10.0. The molecule has 1 aliphatic heterocycles. The molecule has 4 nitrogen and oxygen atoms in total. The maximum atomic E-state index is 10.0. The van der Waals surface area contributed by atoms with E-state index in [1.54, 1.807) is 14.2 Å². The van der Waals surface area contributed by atoms with E-state index < -0.39 is 0 Å². The van der Waals surface area contributed by atoms with E-state index in [4.69, 9.17) is 0 Å². The Bertz CT molecular complexity index is 77.0. The van der Waals surface area contributed by atoms with Gasteiger partial charge < -0.3 is 15.4 Å². The zero-order valence-corrected chi connectivity index (χ0v) is 5.73. The van der Waals surface area contributed by atoms with Gasteiger partial charge in [0.05, 0.1) is 0 Å². The third-order valence-corrected chi connectivity index (χ3v) is 0.696. The second-order valence-corrected chi connectivity index (χ2v) is 1.59. The number of hydrogen-bond donors (Lipinski definition) is 2. The van der Waals surface area contributed by atoms with Gasteiger partial charge in [0.1, 0.15) is 0 Å². The second-order valence-electron chi connectivity index (χ2n) is 1.59. The standard InChI is InChI=1S/C3H6N2O.C2H6O/c6-3-4-1-2-5-3;1-3-2/h1-2H2,(H2,4,5,6);1-2H3. The molecule has 2 amide bonds. The van der Waals surface area contributed by atoms with E-state index in [0.717, 1.165) is 13.1 Å². The van der Waals surface area contributed by atoms with E-state index >= 15 is 0 Å². The smallest absolute Gasteiger partial charge is 0.314 e. The van der Waals surface area contributed by atoms with Gasteiger partial charge in [0.2, 0.25) is 0 Å². The summed E-state index contributed by atoms with van der Waals surface area (Å²) in [6.45, 7) is 1.55. The predicted octanol–water partition coefficient (Wildman–Crippen LogP) is -0.438. The summed E-state index contributed by atoms with van der Waals surface area (Å²) >= 11 is 0. The molecule has 1 saturated heterocycles. The highest BCUT2D eigenvalue weighted by Gasteiger charge is 2.02. The van der Waals surface area contributed by atoms with Gasteiger partial charge in [-0.05, 0) is 0 Å². The SMILES string of the molecule is COC.O=C1NCCN1. The molecule has 0 bridgehead atoms. The molecule has 0 spiro atoms. The van der Waals surface area contributed by atoms with Crippen molar-refractivity contribution in [1.29, 1.82) is 0 Å². The van der Waals surface area contributed by atoms with Crippen LogP contribution in [0.4, 0.5) is 4.79 Å². The normalized spacial score (nSPS) is 15.1. The number of rotatable bonds is 0. The van der Waals surface area contributed by atoms with Gasteiger partial charge in [-0.3, -0.25) is 0 Å². The van der Waals surface area contributed by atoms with E-state index in [-0.39, 0.29) is 6.03 Å². The molecular weight excluding hydrogens is 120 g/mol. The van der Waals surface area contributed by atoms with Crippen molar-refractivity contribution in [2.75, 3.05) is 27.3 Å². The lowest BCUT2D eigenvalue weighted by Gasteiger charge is -1.80. The Hall–Kier alpha value is -0.770. The lowest BCUT2D eigenvalue weighted by atomic mass is 10.7. The first-order valence-corrected chi connectivity index (χ1v) is 2.73. The van der Waals surface area contributed by atoms with Crippen molar-refractivity contribution in [1.82, 2.24) is 10.6 Å². The maximum absolute atomic E-state index is 10.0. The summed E-state index contributed by atoms with van der Waals surface area (Å²) in [5.74, 6) is 0. The van der Waals surface area contributed by atoms with E-state index in [1.165, 1.54) is 0 Å². The highest BCUT2D eigenvalue weighted by Crippen LogP contribution is 1.69. The summed E-state index contributed by atoms with van der Waals surface area (Å²) in [5, 5.41) is 5.14. The van der Waals surface area contributed by atoms with Gasteiger partial charge in [0.15, 0.2) is 0 Å². The van der Waals surface area contributed by atoms with E-state index in [2.05, 4.69) is 15.4 Å². The first-order chi connectivity index (χ1) is 4.31. The second kappa shape index (κ2) is 5.37. The number of carbonyl (C=O) groups excluding carboxylic acids is 1. The van der Waals surface area contributed by atoms with Gasteiger partial charge in [-0.2, -0.15) is 0 Å². The molecule has 0 aromatic heterocycles. The van der Waals surface area contributed by atoms with Crippen molar-refractivity contribution in [3.8, 4) is 0 Å². The van der Waals surface area contributed by atoms with Crippen LogP contribution >= 0.6 is 0 Å². The molecule has 0 aromatic rings. The minimum absolute atomic E-state index is 0.0463. The third kappa shape index (κ3) is 5.10. The highest BCUT2D eigenvalue weighted by atomic mass is 16.4. The molecule has 0 unspecified atom stereocenters. The van der Waals surface area contributed by atoms with Crippen LogP contribution in [0.1, 0.15) is 0 Å². The minimum Gasteiger partial charge on any atom is -0.388 e. The zero-order chi connectivity index (χ0) is 7.11. The lowest BCUT2D eigenvalue weighted by molar-refractivity contribution is 0.248. The quantitative estimate of drug-likeness (QED) is 0.469. The van der Waals surface area contributed by atoms with Gasteiger partial charge in [0, 0.05) is 27.3 Å². The Morgan fingerprint density at radius 3 is 1.78 bits per heavy atom. The molecular formula is C5H12N2O2. The fourth-order valence-corrected chi connectivity index (χ4v) is 0.415. The third-order valence-electron chi connectivity index (χ3n) is 0.696. The Balaban J connectivity index is 0.000000187. The summed E-state index contributed by atoms with van der Waals surface area (Å²) < 4.78 is 4.25. The Labute approximate surface area is 54.6 Å². The molecule has 0 saturated carbocycles. The average Bonchev–Trinajstić information content (AvgIpc) is 2.20. The number of hydrogen-bond acceptors (Lipinski definition) is 2. The van der Waals surface area contributed by atoms with Crippen LogP contribution in [0.25, 0.3) is 0 Å². The molecule has 0 radical (unpaired) electrons. The van der Waals surface area contributed by atoms with Crippen molar-refractivity contribution >= 4 is 6.03 Å². The summed E-state index contributed by atoms with van der Waals surface area (Å²) in [6, 6.07) is -0.0463. The Kier molecular flexibility index (Phi) is 4.91. The number of ether oxygens (including phenoxy) is 1. The molecule has 1 heterocycles. The van der Waals surface area contributed by atoms with Crippen LogP contribution in [0, 0.1) is 0 Å². The predicted molar refractivity (Wildman–Crippen MR) is 34.3 cm³/mol. The van der Waals surface area contributed by atoms with Crippen molar-refractivity contribution in [2.24, 2.45) is 0 Å². The molecule has 1 aliphatic rings.